The molecule has 2 aromatic rings. The highest BCUT2D eigenvalue weighted by atomic mass is 35.5. The van der Waals surface area contributed by atoms with Gasteiger partial charge in [-0.05, 0) is 68.1 Å². The van der Waals surface area contributed by atoms with Crippen molar-refractivity contribution in [2.45, 2.75) is 37.1 Å². The van der Waals surface area contributed by atoms with Crippen LogP contribution in [0.2, 0.25) is 5.02 Å². The summed E-state index contributed by atoms with van der Waals surface area (Å²) >= 11 is 5.71. The van der Waals surface area contributed by atoms with E-state index in [0.717, 1.165) is 34.5 Å². The van der Waals surface area contributed by atoms with E-state index in [9.17, 15) is 22.4 Å². The number of amides is 2. The molecule has 1 fully saturated rings. The molecule has 1 aliphatic heterocycles. The molecule has 7 nitrogen and oxygen atoms in total. The molecule has 0 spiro atoms. The second-order valence-corrected chi connectivity index (χ2v) is 10.7. The molecule has 0 unspecified atom stereocenters. The maximum atomic E-state index is 13.3. The number of anilines is 2. The number of hydrogen-bond donors (Lipinski definition) is 1. The molecule has 2 aromatic carbocycles. The molecule has 2 amide bonds. The van der Waals surface area contributed by atoms with Gasteiger partial charge in [0.25, 0.3) is 0 Å². The van der Waals surface area contributed by atoms with E-state index in [1.807, 2.05) is 6.92 Å². The van der Waals surface area contributed by atoms with Gasteiger partial charge >= 0.3 is 0 Å². The maximum absolute atomic E-state index is 13.3. The number of halogens is 2. The lowest BCUT2D eigenvalue weighted by molar-refractivity contribution is -0.120. The van der Waals surface area contributed by atoms with E-state index in [-0.39, 0.29) is 33.5 Å². The molecule has 0 saturated heterocycles. The number of benzene rings is 2. The van der Waals surface area contributed by atoms with Crippen molar-refractivity contribution in [2.75, 3.05) is 23.8 Å². The highest BCUT2D eigenvalue weighted by Crippen LogP contribution is 2.39. The smallest absolute Gasteiger partial charge is 0.243 e. The van der Waals surface area contributed by atoms with E-state index in [1.54, 1.807) is 17.0 Å². The molecule has 170 valence electrons. The van der Waals surface area contributed by atoms with Gasteiger partial charge in [-0.15, -0.1) is 0 Å². The van der Waals surface area contributed by atoms with Gasteiger partial charge in [0.15, 0.2) is 0 Å². The molecule has 32 heavy (non-hydrogen) atoms. The van der Waals surface area contributed by atoms with Crippen LogP contribution < -0.4 is 10.2 Å². The lowest BCUT2D eigenvalue weighted by Gasteiger charge is -2.23. The Kier molecular flexibility index (Phi) is 6.00. The second-order valence-electron chi connectivity index (χ2n) is 8.26. The topological polar surface area (TPSA) is 86.8 Å². The molecule has 4 rings (SSSR count). The van der Waals surface area contributed by atoms with E-state index in [2.05, 4.69) is 5.32 Å². The first kappa shape index (κ1) is 22.7. The Hall–Kier alpha value is -2.49. The third kappa shape index (κ3) is 4.37. The van der Waals surface area contributed by atoms with Crippen LogP contribution in [0, 0.1) is 11.7 Å². The fourth-order valence-electron chi connectivity index (χ4n) is 3.87. The van der Waals surface area contributed by atoms with Crippen molar-refractivity contribution in [1.29, 1.82) is 0 Å². The zero-order valence-electron chi connectivity index (χ0n) is 17.6. The van der Waals surface area contributed by atoms with E-state index in [1.165, 1.54) is 25.2 Å². The summed E-state index contributed by atoms with van der Waals surface area (Å²) in [6, 6.07) is 8.39. The average Bonchev–Trinajstić information content (AvgIpc) is 3.52. The largest absolute Gasteiger partial charge is 0.325 e. The molecule has 0 radical (unpaired) electrons. The van der Waals surface area contributed by atoms with Crippen molar-refractivity contribution >= 4 is 44.8 Å². The van der Waals surface area contributed by atoms with E-state index in [4.69, 9.17) is 11.6 Å². The van der Waals surface area contributed by atoms with Crippen LogP contribution in [-0.2, 0) is 26.0 Å². The number of nitrogens with one attached hydrogen (secondary N) is 1. The van der Waals surface area contributed by atoms with Crippen molar-refractivity contribution < 1.29 is 22.4 Å². The Morgan fingerprint density at radius 1 is 1.22 bits per heavy atom. The van der Waals surface area contributed by atoms with Crippen LogP contribution in [-0.4, -0.2) is 44.2 Å². The van der Waals surface area contributed by atoms with Crippen molar-refractivity contribution in [3.8, 4) is 0 Å². The van der Waals surface area contributed by atoms with E-state index in [0.29, 0.717) is 6.42 Å². The molecule has 1 heterocycles. The predicted molar refractivity (Wildman–Crippen MR) is 120 cm³/mol. The van der Waals surface area contributed by atoms with Gasteiger partial charge in [0, 0.05) is 30.4 Å². The van der Waals surface area contributed by atoms with Crippen molar-refractivity contribution in [1.82, 2.24) is 4.31 Å². The lowest BCUT2D eigenvalue weighted by atomic mass is 10.1. The highest BCUT2D eigenvalue weighted by molar-refractivity contribution is 7.89. The fourth-order valence-corrected chi connectivity index (χ4v) is 5.23. The molecule has 10 heteroatoms. The minimum atomic E-state index is -3.94. The number of carbonyl (C=O) groups is 2. The summed E-state index contributed by atoms with van der Waals surface area (Å²) in [5.74, 6) is -1.03. The molecular weight excluding hydrogens is 457 g/mol. The lowest BCUT2D eigenvalue weighted by Crippen LogP contribution is -2.36. The third-order valence-corrected chi connectivity index (χ3v) is 7.80. The van der Waals surface area contributed by atoms with Crippen LogP contribution >= 0.6 is 11.6 Å². The minimum Gasteiger partial charge on any atom is -0.325 e. The number of fused-ring (bicyclic) bond motifs is 1. The fraction of sp³-hybridized carbons (Fsp3) is 0.364. The Morgan fingerprint density at radius 3 is 2.59 bits per heavy atom. The van der Waals surface area contributed by atoms with Crippen molar-refractivity contribution in [2.24, 2.45) is 5.92 Å². The summed E-state index contributed by atoms with van der Waals surface area (Å²) in [5, 5.41) is 2.36. The number of nitrogens with zero attached hydrogens (tertiary/aromatic N) is 2. The average molecular weight is 480 g/mol. The van der Waals surface area contributed by atoms with Crippen LogP contribution in [0.1, 0.15) is 25.3 Å². The van der Waals surface area contributed by atoms with E-state index >= 15 is 0 Å². The summed E-state index contributed by atoms with van der Waals surface area (Å²) in [6.45, 7) is 1.52. The summed E-state index contributed by atoms with van der Waals surface area (Å²) in [7, 11) is -2.63. The molecule has 2 aliphatic rings. The van der Waals surface area contributed by atoms with Crippen LogP contribution in [0.4, 0.5) is 15.8 Å². The Labute approximate surface area is 191 Å². The zero-order chi connectivity index (χ0) is 23.2. The standard InChI is InChI=1S/C22H23ClFN3O4S/c1-13-9-15-10-17(6-8-20(15)27(13)22(29)14-3-4-14)32(30,31)26(2)12-21(28)25-16-5-7-19(24)18(23)11-16/h5-8,10-11,13-14H,3-4,9,12H2,1-2H3,(H,25,28)/t13-/m0/s1. The van der Waals surface area contributed by atoms with Crippen LogP contribution in [0.15, 0.2) is 41.3 Å². The number of rotatable bonds is 6. The summed E-state index contributed by atoms with van der Waals surface area (Å²) < 4.78 is 40.3. The zero-order valence-corrected chi connectivity index (χ0v) is 19.2. The van der Waals surface area contributed by atoms with Crippen molar-refractivity contribution in [3.05, 3.63) is 52.8 Å². The summed E-state index contributed by atoms with van der Waals surface area (Å²) in [4.78, 5) is 26.8. The van der Waals surface area contributed by atoms with Crippen LogP contribution in [0.25, 0.3) is 0 Å². The Balaban J connectivity index is 1.48. The molecule has 1 N–H and O–H groups in total. The van der Waals surface area contributed by atoms with Gasteiger partial charge in [-0.25, -0.2) is 12.8 Å². The number of sulfonamides is 1. The first-order chi connectivity index (χ1) is 15.1. The molecule has 1 saturated carbocycles. The number of carbonyl (C=O) groups excluding carboxylic acids is 2. The van der Waals surface area contributed by atoms with Crippen LogP contribution in [0.5, 0.6) is 0 Å². The summed E-state index contributed by atoms with van der Waals surface area (Å²) in [5.41, 5.74) is 1.81. The van der Waals surface area contributed by atoms with Gasteiger partial charge in [-0.1, -0.05) is 11.6 Å². The van der Waals surface area contributed by atoms with Gasteiger partial charge in [0.2, 0.25) is 21.8 Å². The highest BCUT2D eigenvalue weighted by Gasteiger charge is 2.40. The van der Waals surface area contributed by atoms with Gasteiger partial charge in [-0.2, -0.15) is 4.31 Å². The number of hydrogen-bond acceptors (Lipinski definition) is 4. The Bertz CT molecular complexity index is 1200. The molecule has 0 aromatic heterocycles. The van der Waals surface area contributed by atoms with Gasteiger partial charge in [0.1, 0.15) is 5.82 Å². The van der Waals surface area contributed by atoms with Crippen molar-refractivity contribution in [3.63, 3.8) is 0 Å². The van der Waals surface area contributed by atoms with E-state index < -0.39 is 28.3 Å². The molecular formula is C22H23ClFN3O4S. The maximum Gasteiger partial charge on any atom is 0.243 e. The van der Waals surface area contributed by atoms with Gasteiger partial charge in [-0.3, -0.25) is 9.59 Å². The molecule has 1 atom stereocenters. The predicted octanol–water partition coefficient (Wildman–Crippen LogP) is 3.43. The van der Waals surface area contributed by atoms with Gasteiger partial charge in [0.05, 0.1) is 16.5 Å². The van der Waals surface area contributed by atoms with Gasteiger partial charge < -0.3 is 10.2 Å². The summed E-state index contributed by atoms with van der Waals surface area (Å²) in [6.07, 6.45) is 2.38. The number of likely N-dealkylation sites (N-methyl/N-ethyl adjacent to an activating group) is 1. The quantitative estimate of drug-likeness (QED) is 0.687. The Morgan fingerprint density at radius 2 is 1.94 bits per heavy atom. The first-order valence-electron chi connectivity index (χ1n) is 10.2. The second kappa shape index (κ2) is 8.46. The normalized spacial score (nSPS) is 18.0. The molecule has 0 bridgehead atoms. The minimum absolute atomic E-state index is 0.0258. The first-order valence-corrected chi connectivity index (χ1v) is 12.1. The third-order valence-electron chi connectivity index (χ3n) is 5.71. The monoisotopic (exact) mass is 479 g/mol. The molecule has 1 aliphatic carbocycles. The van der Waals surface area contributed by atoms with Crippen LogP contribution in [0.3, 0.4) is 0 Å². The SMILES string of the molecule is C[C@H]1Cc2cc(S(=O)(=O)N(C)CC(=O)Nc3ccc(F)c(Cl)c3)ccc2N1C(=O)C1CC1.